The van der Waals surface area contributed by atoms with Crippen molar-refractivity contribution in [2.75, 3.05) is 12.8 Å². The van der Waals surface area contributed by atoms with E-state index < -0.39 is 9.84 Å². The van der Waals surface area contributed by atoms with Crippen molar-refractivity contribution in [2.24, 2.45) is 0 Å². The summed E-state index contributed by atoms with van der Waals surface area (Å²) in [6, 6.07) is 16.9. The lowest BCUT2D eigenvalue weighted by Gasteiger charge is -2.26. The van der Waals surface area contributed by atoms with Gasteiger partial charge in [0.15, 0.2) is 9.84 Å². The largest absolute Gasteiger partial charge is 0.298 e. The van der Waals surface area contributed by atoms with Crippen LogP contribution in [0.5, 0.6) is 0 Å². The molecular formula is C21H23N3O3S. The fourth-order valence-electron chi connectivity index (χ4n) is 3.65. The summed E-state index contributed by atoms with van der Waals surface area (Å²) in [5, 5.41) is 3.28. The number of hydrogen-bond donors (Lipinski definition) is 1. The molecule has 2 aromatic carbocycles. The van der Waals surface area contributed by atoms with Gasteiger partial charge in [-0.2, -0.15) is 0 Å². The summed E-state index contributed by atoms with van der Waals surface area (Å²) >= 11 is 0. The number of sulfone groups is 1. The number of aromatic nitrogens is 2. The summed E-state index contributed by atoms with van der Waals surface area (Å²) in [6.07, 6.45) is 1.93. The zero-order chi connectivity index (χ0) is 19.7. The molecule has 0 fully saturated rings. The lowest BCUT2D eigenvalue weighted by molar-refractivity contribution is 0.242. The summed E-state index contributed by atoms with van der Waals surface area (Å²) in [5.41, 5.74) is 4.06. The minimum Gasteiger partial charge on any atom is -0.298 e. The van der Waals surface area contributed by atoms with E-state index in [1.807, 2.05) is 42.5 Å². The minimum atomic E-state index is -3.18. The second-order valence-electron chi connectivity index (χ2n) is 7.32. The van der Waals surface area contributed by atoms with Gasteiger partial charge in [0.1, 0.15) is 0 Å². The predicted molar refractivity (Wildman–Crippen MR) is 108 cm³/mol. The monoisotopic (exact) mass is 397 g/mol. The lowest BCUT2D eigenvalue weighted by Crippen LogP contribution is -2.31. The first-order valence-corrected chi connectivity index (χ1v) is 11.1. The topological polar surface area (TPSA) is 75.2 Å². The highest BCUT2D eigenvalue weighted by Gasteiger charge is 2.22. The summed E-state index contributed by atoms with van der Waals surface area (Å²) in [5.74, 6) is 0. The smallest absolute Gasteiger partial charge is 0.270 e. The Morgan fingerprint density at radius 3 is 2.32 bits per heavy atom. The molecule has 0 atom stereocenters. The Kier molecular flexibility index (Phi) is 4.95. The Morgan fingerprint density at radius 2 is 1.64 bits per heavy atom. The molecule has 1 aliphatic rings. The van der Waals surface area contributed by atoms with E-state index >= 15 is 0 Å². The molecular weight excluding hydrogens is 374 g/mol. The quantitative estimate of drug-likeness (QED) is 0.716. The predicted octanol–water partition coefficient (Wildman–Crippen LogP) is 2.19. The number of hydrogen-bond acceptors (Lipinski definition) is 4. The molecule has 0 aliphatic carbocycles. The Bertz CT molecular complexity index is 1130. The van der Waals surface area contributed by atoms with Crippen LogP contribution in [0.1, 0.15) is 22.4 Å². The van der Waals surface area contributed by atoms with E-state index in [2.05, 4.69) is 10.00 Å². The van der Waals surface area contributed by atoms with Gasteiger partial charge in [-0.15, -0.1) is 0 Å². The van der Waals surface area contributed by atoms with Gasteiger partial charge in [-0.25, -0.2) is 13.1 Å². The first-order chi connectivity index (χ1) is 13.4. The fraction of sp³-hybridized carbons (Fsp3) is 0.286. The van der Waals surface area contributed by atoms with E-state index in [1.165, 1.54) is 6.26 Å². The van der Waals surface area contributed by atoms with Gasteiger partial charge in [-0.1, -0.05) is 42.5 Å². The number of aromatic amines is 1. The molecule has 0 spiro atoms. The molecule has 0 unspecified atom stereocenters. The molecule has 0 saturated carbocycles. The van der Waals surface area contributed by atoms with E-state index in [0.29, 0.717) is 24.4 Å². The van der Waals surface area contributed by atoms with E-state index in [4.69, 9.17) is 0 Å². The number of H-pyrrole nitrogens is 1. The van der Waals surface area contributed by atoms with Crippen LogP contribution in [-0.2, 0) is 35.9 Å². The molecule has 7 heteroatoms. The van der Waals surface area contributed by atoms with Gasteiger partial charge in [0.25, 0.3) is 5.56 Å². The SMILES string of the molecule is CS(=O)(=O)c1ccc(CN2CCc3c([nH]n(Cc4ccccc4)c3=O)C2)cc1. The third-order valence-electron chi connectivity index (χ3n) is 5.14. The second kappa shape index (κ2) is 7.41. The van der Waals surface area contributed by atoms with Crippen LogP contribution in [0.3, 0.4) is 0 Å². The lowest BCUT2D eigenvalue weighted by atomic mass is 10.1. The van der Waals surface area contributed by atoms with Gasteiger partial charge in [-0.3, -0.25) is 14.8 Å². The second-order valence-corrected chi connectivity index (χ2v) is 9.34. The molecule has 4 rings (SSSR count). The van der Waals surface area contributed by atoms with Crippen LogP contribution >= 0.6 is 0 Å². The molecule has 0 saturated heterocycles. The molecule has 0 radical (unpaired) electrons. The van der Waals surface area contributed by atoms with E-state index in [1.54, 1.807) is 16.8 Å². The molecule has 0 amide bonds. The van der Waals surface area contributed by atoms with E-state index in [0.717, 1.165) is 35.5 Å². The Balaban J connectivity index is 1.48. The van der Waals surface area contributed by atoms with E-state index in [9.17, 15) is 13.2 Å². The van der Waals surface area contributed by atoms with Gasteiger partial charge in [0, 0.05) is 31.5 Å². The van der Waals surface area contributed by atoms with Crippen molar-refractivity contribution in [1.29, 1.82) is 0 Å². The Morgan fingerprint density at radius 1 is 0.964 bits per heavy atom. The van der Waals surface area contributed by atoms with Crippen molar-refractivity contribution in [1.82, 2.24) is 14.7 Å². The van der Waals surface area contributed by atoms with Crippen LogP contribution in [0.4, 0.5) is 0 Å². The maximum Gasteiger partial charge on any atom is 0.270 e. The van der Waals surface area contributed by atoms with Crippen molar-refractivity contribution in [3.8, 4) is 0 Å². The maximum absolute atomic E-state index is 12.7. The molecule has 28 heavy (non-hydrogen) atoms. The van der Waals surface area contributed by atoms with Crippen molar-refractivity contribution in [2.45, 2.75) is 31.0 Å². The van der Waals surface area contributed by atoms with Crippen molar-refractivity contribution in [3.63, 3.8) is 0 Å². The van der Waals surface area contributed by atoms with Gasteiger partial charge in [0.2, 0.25) is 0 Å². The molecule has 2 heterocycles. The molecule has 146 valence electrons. The maximum atomic E-state index is 12.7. The highest BCUT2D eigenvalue weighted by molar-refractivity contribution is 7.90. The average Bonchev–Trinajstić information content (AvgIpc) is 2.97. The zero-order valence-corrected chi connectivity index (χ0v) is 16.6. The third-order valence-corrected chi connectivity index (χ3v) is 6.27. The first kappa shape index (κ1) is 18.7. The first-order valence-electron chi connectivity index (χ1n) is 9.26. The van der Waals surface area contributed by atoms with Crippen LogP contribution in [0.25, 0.3) is 0 Å². The average molecular weight is 398 g/mol. The number of nitrogens with zero attached hydrogens (tertiary/aromatic N) is 2. The molecule has 1 N–H and O–H groups in total. The molecule has 6 nitrogen and oxygen atoms in total. The van der Waals surface area contributed by atoms with Gasteiger partial charge in [0.05, 0.1) is 17.1 Å². The number of benzene rings is 2. The van der Waals surface area contributed by atoms with Crippen molar-refractivity contribution in [3.05, 3.63) is 87.3 Å². The summed E-state index contributed by atoms with van der Waals surface area (Å²) in [6.45, 7) is 2.74. The molecule has 3 aromatic rings. The number of rotatable bonds is 5. The van der Waals surface area contributed by atoms with Gasteiger partial charge >= 0.3 is 0 Å². The number of fused-ring (bicyclic) bond motifs is 1. The van der Waals surface area contributed by atoms with Crippen LogP contribution in [-0.4, -0.2) is 35.9 Å². The van der Waals surface area contributed by atoms with Crippen LogP contribution in [0.15, 0.2) is 64.3 Å². The van der Waals surface area contributed by atoms with Gasteiger partial charge < -0.3 is 0 Å². The molecule has 1 aliphatic heterocycles. The van der Waals surface area contributed by atoms with E-state index in [-0.39, 0.29) is 5.56 Å². The van der Waals surface area contributed by atoms with Gasteiger partial charge in [-0.05, 0) is 29.7 Å². The Hall–Kier alpha value is -2.64. The van der Waals surface area contributed by atoms with Crippen LogP contribution in [0.2, 0.25) is 0 Å². The highest BCUT2D eigenvalue weighted by atomic mass is 32.2. The minimum absolute atomic E-state index is 0.0657. The summed E-state index contributed by atoms with van der Waals surface area (Å²) in [4.78, 5) is 15.3. The normalized spacial score (nSPS) is 14.8. The Labute approximate surface area is 164 Å². The van der Waals surface area contributed by atoms with Crippen LogP contribution in [0, 0.1) is 0 Å². The molecule has 1 aromatic heterocycles. The highest BCUT2D eigenvalue weighted by Crippen LogP contribution is 2.18. The molecule has 0 bridgehead atoms. The summed E-state index contributed by atoms with van der Waals surface area (Å²) < 4.78 is 24.9. The zero-order valence-electron chi connectivity index (χ0n) is 15.8. The third kappa shape index (κ3) is 3.95. The fourth-order valence-corrected chi connectivity index (χ4v) is 4.28. The van der Waals surface area contributed by atoms with Crippen LogP contribution < -0.4 is 5.56 Å². The number of nitrogens with one attached hydrogen (secondary N) is 1. The van der Waals surface area contributed by atoms with Crippen molar-refractivity contribution >= 4 is 9.84 Å². The van der Waals surface area contributed by atoms with Crippen molar-refractivity contribution < 1.29 is 8.42 Å². The summed E-state index contributed by atoms with van der Waals surface area (Å²) in [7, 11) is -3.18. The standard InChI is InChI=1S/C21H23N3O3S/c1-28(26,27)18-9-7-17(8-10-18)13-23-12-11-19-20(15-23)22-24(21(19)25)14-16-5-3-2-4-6-16/h2-10,22H,11-15H2,1H3.